The van der Waals surface area contributed by atoms with Crippen LogP contribution in [-0.4, -0.2) is 39.4 Å². The van der Waals surface area contributed by atoms with Crippen molar-refractivity contribution in [1.29, 1.82) is 0 Å². The predicted octanol–water partition coefficient (Wildman–Crippen LogP) is 3.18. The minimum Gasteiger partial charge on any atom is -0.371 e. The van der Waals surface area contributed by atoms with Gasteiger partial charge in [-0.15, -0.1) is 10.2 Å². The fourth-order valence-corrected chi connectivity index (χ4v) is 4.22. The number of aromatic nitrogens is 4. The third-order valence-electron chi connectivity index (χ3n) is 5.63. The van der Waals surface area contributed by atoms with Gasteiger partial charge in [-0.3, -0.25) is 0 Å². The molecule has 6 heteroatoms. The summed E-state index contributed by atoms with van der Waals surface area (Å²) in [5.74, 6) is 3.55. The Labute approximate surface area is 158 Å². The van der Waals surface area contributed by atoms with Crippen LogP contribution in [0.25, 0.3) is 0 Å². The number of hydrogen-bond donors (Lipinski definition) is 0. The molecule has 0 N–H and O–H groups in total. The van der Waals surface area contributed by atoms with E-state index in [1.54, 1.807) is 0 Å². The summed E-state index contributed by atoms with van der Waals surface area (Å²) in [5, 5.41) is 9.04. The highest BCUT2D eigenvalue weighted by Gasteiger charge is 2.32. The van der Waals surface area contributed by atoms with Crippen molar-refractivity contribution in [2.24, 2.45) is 0 Å². The van der Waals surface area contributed by atoms with Crippen LogP contribution in [0.15, 0.2) is 54.7 Å². The first-order chi connectivity index (χ1) is 13.4. The molecule has 3 aromatic rings. The molecule has 5 rings (SSSR count). The standard InChI is InChI=1S/C21H23N5O/c1-2-6-16(7-3-1)18-14-27-15-20-23-24-21(26(18)20)17-9-12-25(13-10-17)19-8-4-5-11-22-19/h1-8,11,17-18H,9-10,12-15H2/t18-/m0/s1. The number of anilines is 1. The molecule has 2 aliphatic rings. The Morgan fingerprint density at radius 1 is 0.926 bits per heavy atom. The molecule has 0 saturated carbocycles. The average Bonchev–Trinajstić information content (AvgIpc) is 3.19. The monoisotopic (exact) mass is 361 g/mol. The molecule has 0 amide bonds. The highest BCUT2D eigenvalue weighted by atomic mass is 16.5. The molecule has 0 bridgehead atoms. The Kier molecular flexibility index (Phi) is 4.33. The zero-order chi connectivity index (χ0) is 18.1. The number of hydrogen-bond acceptors (Lipinski definition) is 5. The van der Waals surface area contributed by atoms with Crippen LogP contribution in [0.4, 0.5) is 5.82 Å². The summed E-state index contributed by atoms with van der Waals surface area (Å²) < 4.78 is 8.13. The van der Waals surface area contributed by atoms with Gasteiger partial charge < -0.3 is 14.2 Å². The summed E-state index contributed by atoms with van der Waals surface area (Å²) in [6, 6.07) is 16.8. The van der Waals surface area contributed by atoms with E-state index in [1.807, 2.05) is 18.3 Å². The van der Waals surface area contributed by atoms with Gasteiger partial charge in [0.1, 0.15) is 18.2 Å². The van der Waals surface area contributed by atoms with Crippen molar-refractivity contribution in [2.75, 3.05) is 24.6 Å². The van der Waals surface area contributed by atoms with Crippen molar-refractivity contribution < 1.29 is 4.74 Å². The van der Waals surface area contributed by atoms with Gasteiger partial charge in [0.25, 0.3) is 0 Å². The molecule has 2 aromatic heterocycles. The summed E-state index contributed by atoms with van der Waals surface area (Å²) in [5.41, 5.74) is 1.26. The van der Waals surface area contributed by atoms with Gasteiger partial charge in [0.05, 0.1) is 12.6 Å². The zero-order valence-corrected chi connectivity index (χ0v) is 15.2. The molecule has 0 unspecified atom stereocenters. The van der Waals surface area contributed by atoms with Gasteiger partial charge >= 0.3 is 0 Å². The lowest BCUT2D eigenvalue weighted by Gasteiger charge is -2.34. The minimum absolute atomic E-state index is 0.161. The first kappa shape index (κ1) is 16.4. The molecular formula is C21H23N5O. The lowest BCUT2D eigenvalue weighted by Crippen LogP contribution is -2.35. The lowest BCUT2D eigenvalue weighted by atomic mass is 9.95. The second kappa shape index (κ2) is 7.12. The largest absolute Gasteiger partial charge is 0.371 e. The van der Waals surface area contributed by atoms with Crippen LogP contribution in [0.2, 0.25) is 0 Å². The van der Waals surface area contributed by atoms with E-state index in [1.165, 1.54) is 5.56 Å². The minimum atomic E-state index is 0.161. The van der Waals surface area contributed by atoms with Gasteiger partial charge in [-0.05, 0) is 30.5 Å². The molecule has 1 aromatic carbocycles. The molecule has 138 valence electrons. The van der Waals surface area contributed by atoms with Crippen LogP contribution in [0.1, 0.15) is 42.0 Å². The van der Waals surface area contributed by atoms with E-state index < -0.39 is 0 Å². The predicted molar refractivity (Wildman–Crippen MR) is 103 cm³/mol. The van der Waals surface area contributed by atoms with E-state index >= 15 is 0 Å². The van der Waals surface area contributed by atoms with Gasteiger partial charge in [0, 0.05) is 25.2 Å². The summed E-state index contributed by atoms with van der Waals surface area (Å²) in [7, 11) is 0. The van der Waals surface area contributed by atoms with Gasteiger partial charge in [0.15, 0.2) is 5.82 Å². The van der Waals surface area contributed by atoms with Crippen LogP contribution >= 0.6 is 0 Å². The molecule has 1 saturated heterocycles. The Morgan fingerprint density at radius 2 is 1.74 bits per heavy atom. The molecular weight excluding hydrogens is 338 g/mol. The maximum Gasteiger partial charge on any atom is 0.159 e. The topological polar surface area (TPSA) is 56.1 Å². The Bertz CT molecular complexity index is 887. The SMILES string of the molecule is c1ccc([C@@H]2COCc3nnc(C4CCN(c5ccccn5)CC4)n32)cc1. The van der Waals surface area contributed by atoms with Crippen LogP contribution in [0.5, 0.6) is 0 Å². The smallest absolute Gasteiger partial charge is 0.159 e. The fraction of sp³-hybridized carbons (Fsp3) is 0.381. The number of ether oxygens (including phenoxy) is 1. The molecule has 1 fully saturated rings. The van der Waals surface area contributed by atoms with E-state index in [0.717, 1.165) is 43.4 Å². The summed E-state index contributed by atoms with van der Waals surface area (Å²) >= 11 is 0. The third kappa shape index (κ3) is 3.10. The Hall–Kier alpha value is -2.73. The number of fused-ring (bicyclic) bond motifs is 1. The number of piperidine rings is 1. The summed E-state index contributed by atoms with van der Waals surface area (Å²) in [6.07, 6.45) is 3.99. The van der Waals surface area contributed by atoms with E-state index in [-0.39, 0.29) is 6.04 Å². The van der Waals surface area contributed by atoms with Crippen molar-refractivity contribution in [3.05, 3.63) is 71.9 Å². The van der Waals surface area contributed by atoms with E-state index in [9.17, 15) is 0 Å². The summed E-state index contributed by atoms with van der Waals surface area (Å²) in [4.78, 5) is 6.85. The highest BCUT2D eigenvalue weighted by molar-refractivity contribution is 5.38. The Balaban J connectivity index is 1.39. The van der Waals surface area contributed by atoms with E-state index in [2.05, 4.69) is 61.0 Å². The fourth-order valence-electron chi connectivity index (χ4n) is 4.22. The van der Waals surface area contributed by atoms with Crippen LogP contribution in [-0.2, 0) is 11.3 Å². The summed E-state index contributed by atoms with van der Waals surface area (Å²) in [6.45, 7) is 3.21. The van der Waals surface area contributed by atoms with Gasteiger partial charge in [-0.1, -0.05) is 36.4 Å². The molecule has 0 radical (unpaired) electrons. The molecule has 6 nitrogen and oxygen atoms in total. The second-order valence-corrected chi connectivity index (χ2v) is 7.24. The molecule has 1 atom stereocenters. The lowest BCUT2D eigenvalue weighted by molar-refractivity contribution is 0.0645. The van der Waals surface area contributed by atoms with Gasteiger partial charge in [-0.2, -0.15) is 0 Å². The molecule has 4 heterocycles. The van der Waals surface area contributed by atoms with Crippen molar-refractivity contribution in [2.45, 2.75) is 31.4 Å². The first-order valence-corrected chi connectivity index (χ1v) is 9.62. The number of pyridine rings is 1. The molecule has 27 heavy (non-hydrogen) atoms. The highest BCUT2D eigenvalue weighted by Crippen LogP contribution is 2.34. The normalized spacial score (nSPS) is 20.4. The van der Waals surface area contributed by atoms with E-state index in [4.69, 9.17) is 4.74 Å². The van der Waals surface area contributed by atoms with Crippen molar-refractivity contribution in [3.8, 4) is 0 Å². The van der Waals surface area contributed by atoms with Gasteiger partial charge in [0.2, 0.25) is 0 Å². The molecule has 0 spiro atoms. The number of nitrogens with zero attached hydrogens (tertiary/aromatic N) is 5. The quantitative estimate of drug-likeness (QED) is 0.717. The number of benzene rings is 1. The average molecular weight is 361 g/mol. The number of rotatable bonds is 3. The maximum atomic E-state index is 5.80. The third-order valence-corrected chi connectivity index (χ3v) is 5.63. The molecule has 0 aliphatic carbocycles. The van der Waals surface area contributed by atoms with Crippen molar-refractivity contribution in [1.82, 2.24) is 19.7 Å². The van der Waals surface area contributed by atoms with Gasteiger partial charge in [-0.25, -0.2) is 4.98 Å². The molecule has 2 aliphatic heterocycles. The van der Waals surface area contributed by atoms with Crippen LogP contribution in [0, 0.1) is 0 Å². The van der Waals surface area contributed by atoms with E-state index in [0.29, 0.717) is 19.1 Å². The first-order valence-electron chi connectivity index (χ1n) is 9.62. The maximum absolute atomic E-state index is 5.80. The second-order valence-electron chi connectivity index (χ2n) is 7.24. The Morgan fingerprint density at radius 3 is 2.52 bits per heavy atom. The van der Waals surface area contributed by atoms with Crippen LogP contribution in [0.3, 0.4) is 0 Å². The zero-order valence-electron chi connectivity index (χ0n) is 15.2. The van der Waals surface area contributed by atoms with Crippen molar-refractivity contribution in [3.63, 3.8) is 0 Å². The van der Waals surface area contributed by atoms with Crippen molar-refractivity contribution >= 4 is 5.82 Å². The van der Waals surface area contributed by atoms with Crippen LogP contribution < -0.4 is 4.90 Å².